The Morgan fingerprint density at radius 3 is 2.80 bits per heavy atom. The van der Waals surface area contributed by atoms with Crippen LogP contribution in [0.3, 0.4) is 0 Å². The number of hydrogen-bond acceptors (Lipinski definition) is 3. The maximum Gasteiger partial charge on any atom is 0.226 e. The highest BCUT2D eigenvalue weighted by Crippen LogP contribution is 2.33. The summed E-state index contributed by atoms with van der Waals surface area (Å²) in [4.78, 5) is 6.07. The lowest BCUT2D eigenvalue weighted by Crippen LogP contribution is -2.22. The molecule has 0 bridgehead atoms. The molecule has 0 unspecified atom stereocenters. The molecule has 2 heterocycles. The molecule has 1 saturated carbocycles. The van der Waals surface area contributed by atoms with Gasteiger partial charge in [0, 0.05) is 4.70 Å². The highest BCUT2D eigenvalue weighted by atomic mass is 32.1. The molecule has 2 aliphatic rings. The van der Waals surface area contributed by atoms with Gasteiger partial charge in [-0.25, -0.2) is 4.99 Å². The van der Waals surface area contributed by atoms with Gasteiger partial charge in [0.05, 0.1) is 10.9 Å². The van der Waals surface area contributed by atoms with E-state index in [1.54, 1.807) is 11.3 Å². The van der Waals surface area contributed by atoms with Gasteiger partial charge in [-0.1, -0.05) is 37.5 Å². The van der Waals surface area contributed by atoms with Gasteiger partial charge in [0.1, 0.15) is 6.61 Å². The third kappa shape index (κ3) is 2.24. The molecule has 0 saturated heterocycles. The van der Waals surface area contributed by atoms with Crippen LogP contribution in [0.4, 0.5) is 0 Å². The molecule has 20 heavy (non-hydrogen) atoms. The molecule has 1 fully saturated rings. The van der Waals surface area contributed by atoms with Crippen molar-refractivity contribution in [2.75, 3.05) is 6.61 Å². The third-order valence-electron chi connectivity index (χ3n) is 4.50. The molecule has 4 rings (SSSR count). The van der Waals surface area contributed by atoms with Crippen LogP contribution in [0.25, 0.3) is 10.1 Å². The van der Waals surface area contributed by atoms with Gasteiger partial charge in [-0.2, -0.15) is 0 Å². The van der Waals surface area contributed by atoms with E-state index < -0.39 is 0 Å². The van der Waals surface area contributed by atoms with E-state index in [2.05, 4.69) is 30.3 Å². The van der Waals surface area contributed by atoms with Crippen LogP contribution in [0, 0.1) is 5.92 Å². The fourth-order valence-corrected chi connectivity index (χ4v) is 4.39. The quantitative estimate of drug-likeness (QED) is 0.788. The Labute approximate surface area is 123 Å². The van der Waals surface area contributed by atoms with Crippen LogP contribution in [0.5, 0.6) is 0 Å². The maximum atomic E-state index is 5.89. The van der Waals surface area contributed by atoms with Crippen molar-refractivity contribution in [1.82, 2.24) is 0 Å². The van der Waals surface area contributed by atoms with Crippen molar-refractivity contribution < 1.29 is 4.74 Å². The van der Waals surface area contributed by atoms with Crippen LogP contribution in [-0.4, -0.2) is 18.5 Å². The smallest absolute Gasteiger partial charge is 0.226 e. The first-order valence-corrected chi connectivity index (χ1v) is 8.41. The normalized spacial score (nSPS) is 23.8. The minimum Gasteiger partial charge on any atom is -0.475 e. The van der Waals surface area contributed by atoms with E-state index in [0.29, 0.717) is 6.04 Å². The number of hydrogen-bond donors (Lipinski definition) is 0. The first kappa shape index (κ1) is 12.4. The van der Waals surface area contributed by atoms with Crippen LogP contribution in [0.2, 0.25) is 0 Å². The molecule has 1 atom stereocenters. The highest BCUT2D eigenvalue weighted by Gasteiger charge is 2.29. The topological polar surface area (TPSA) is 21.6 Å². The van der Waals surface area contributed by atoms with Gasteiger partial charge in [0.25, 0.3) is 0 Å². The number of benzene rings is 1. The van der Waals surface area contributed by atoms with Crippen molar-refractivity contribution in [1.29, 1.82) is 0 Å². The zero-order valence-corrected chi connectivity index (χ0v) is 12.4. The number of rotatable bonds is 2. The molecule has 0 N–H and O–H groups in total. The molecule has 1 aromatic carbocycles. The van der Waals surface area contributed by atoms with Gasteiger partial charge < -0.3 is 4.74 Å². The molecule has 1 aliphatic heterocycles. The lowest BCUT2D eigenvalue weighted by atomic mass is 9.84. The van der Waals surface area contributed by atoms with E-state index in [-0.39, 0.29) is 0 Å². The van der Waals surface area contributed by atoms with Crippen LogP contribution in [0.15, 0.2) is 35.3 Å². The van der Waals surface area contributed by atoms with Gasteiger partial charge in [0.2, 0.25) is 5.90 Å². The van der Waals surface area contributed by atoms with E-state index in [4.69, 9.17) is 9.73 Å². The summed E-state index contributed by atoms with van der Waals surface area (Å²) in [5, 5.41) is 1.29. The Bertz CT molecular complexity index is 606. The van der Waals surface area contributed by atoms with Crippen molar-refractivity contribution >= 4 is 27.3 Å². The fourth-order valence-electron chi connectivity index (χ4n) is 3.37. The maximum absolute atomic E-state index is 5.89. The average Bonchev–Trinajstić information content (AvgIpc) is 3.14. The summed E-state index contributed by atoms with van der Waals surface area (Å²) in [5.74, 6) is 1.62. The summed E-state index contributed by atoms with van der Waals surface area (Å²) in [6.45, 7) is 0.786. The van der Waals surface area contributed by atoms with E-state index in [1.807, 2.05) is 0 Å². The molecule has 1 aliphatic carbocycles. The number of nitrogens with zero attached hydrogens (tertiary/aromatic N) is 1. The molecular formula is C17H19NOS. The number of thiophene rings is 1. The Morgan fingerprint density at radius 2 is 1.95 bits per heavy atom. The average molecular weight is 285 g/mol. The summed E-state index contributed by atoms with van der Waals surface area (Å²) < 4.78 is 7.21. The predicted molar refractivity (Wildman–Crippen MR) is 84.7 cm³/mol. The van der Waals surface area contributed by atoms with Gasteiger partial charge in [-0.05, 0) is 36.3 Å². The molecule has 0 radical (unpaired) electrons. The molecule has 104 valence electrons. The molecule has 0 amide bonds. The van der Waals surface area contributed by atoms with Crippen LogP contribution in [0.1, 0.15) is 37.0 Å². The Morgan fingerprint density at radius 1 is 1.10 bits per heavy atom. The summed E-state index contributed by atoms with van der Waals surface area (Å²) in [6, 6.07) is 11.1. The summed E-state index contributed by atoms with van der Waals surface area (Å²) in [6.07, 6.45) is 6.80. The zero-order chi connectivity index (χ0) is 13.4. The Balaban J connectivity index is 1.59. The van der Waals surface area contributed by atoms with Crippen LogP contribution >= 0.6 is 11.3 Å². The lowest BCUT2D eigenvalue weighted by molar-refractivity contribution is 0.241. The highest BCUT2D eigenvalue weighted by molar-refractivity contribution is 7.20. The number of fused-ring (bicyclic) bond motifs is 1. The summed E-state index contributed by atoms with van der Waals surface area (Å²) >= 11 is 1.79. The van der Waals surface area contributed by atoms with Gasteiger partial charge >= 0.3 is 0 Å². The van der Waals surface area contributed by atoms with Crippen LogP contribution in [-0.2, 0) is 4.74 Å². The molecule has 2 nitrogen and oxygen atoms in total. The van der Waals surface area contributed by atoms with Crippen molar-refractivity contribution in [2.24, 2.45) is 10.9 Å². The van der Waals surface area contributed by atoms with Crippen molar-refractivity contribution in [2.45, 2.75) is 38.1 Å². The number of aliphatic imine (C=N–C) groups is 1. The van der Waals surface area contributed by atoms with Crippen molar-refractivity contribution in [3.8, 4) is 0 Å². The van der Waals surface area contributed by atoms with E-state index in [0.717, 1.165) is 18.4 Å². The van der Waals surface area contributed by atoms with Gasteiger partial charge in [0.15, 0.2) is 0 Å². The van der Waals surface area contributed by atoms with E-state index in [9.17, 15) is 0 Å². The molecular weight excluding hydrogens is 266 g/mol. The van der Waals surface area contributed by atoms with E-state index in [1.165, 1.54) is 47.1 Å². The lowest BCUT2D eigenvalue weighted by Gasteiger charge is -2.24. The standard InChI is InChI=1S/C17H19NOS/c1-2-6-12(7-3-1)14-11-19-17(18-14)16-10-13-8-4-5-9-15(13)20-16/h4-5,8-10,12,14H,1-3,6-7,11H2/t14-/m0/s1. The fraction of sp³-hybridized carbons (Fsp3) is 0.471. The number of ether oxygens (including phenoxy) is 1. The second-order valence-corrected chi connectivity index (χ2v) is 6.94. The zero-order valence-electron chi connectivity index (χ0n) is 11.5. The first-order chi connectivity index (χ1) is 9.90. The molecule has 0 spiro atoms. The molecule has 2 aromatic rings. The van der Waals surface area contributed by atoms with Crippen molar-refractivity contribution in [3.63, 3.8) is 0 Å². The predicted octanol–water partition coefficient (Wildman–Crippen LogP) is 4.63. The van der Waals surface area contributed by atoms with Crippen LogP contribution < -0.4 is 0 Å². The monoisotopic (exact) mass is 285 g/mol. The first-order valence-electron chi connectivity index (χ1n) is 7.60. The van der Waals surface area contributed by atoms with Gasteiger partial charge in [-0.15, -0.1) is 11.3 Å². The van der Waals surface area contributed by atoms with Crippen molar-refractivity contribution in [3.05, 3.63) is 35.2 Å². The molecule has 1 aromatic heterocycles. The SMILES string of the molecule is c1ccc2sc(C3=N[C@H](C4CCCCC4)CO3)cc2c1. The minimum absolute atomic E-state index is 0.399. The molecule has 3 heteroatoms. The largest absolute Gasteiger partial charge is 0.475 e. The summed E-state index contributed by atoms with van der Waals surface area (Å²) in [7, 11) is 0. The Hall–Kier alpha value is -1.35. The minimum atomic E-state index is 0.399. The Kier molecular flexibility index (Phi) is 3.23. The second-order valence-electron chi connectivity index (χ2n) is 5.86. The second kappa shape index (κ2) is 5.21. The van der Waals surface area contributed by atoms with E-state index >= 15 is 0 Å². The summed E-state index contributed by atoms with van der Waals surface area (Å²) in [5.41, 5.74) is 0. The third-order valence-corrected chi connectivity index (χ3v) is 5.61. The van der Waals surface area contributed by atoms with Gasteiger partial charge in [-0.3, -0.25) is 0 Å².